The maximum absolute atomic E-state index is 13.1. The molecular weight excluding hydrogens is 224 g/mol. The van der Waals surface area contributed by atoms with Crippen LogP contribution in [0.2, 0.25) is 0 Å². The van der Waals surface area contributed by atoms with Crippen molar-refractivity contribution in [3.05, 3.63) is 30.1 Å². The van der Waals surface area contributed by atoms with Crippen LogP contribution in [0.1, 0.15) is 18.4 Å². The van der Waals surface area contributed by atoms with Gasteiger partial charge in [-0.2, -0.15) is 0 Å². The van der Waals surface area contributed by atoms with Gasteiger partial charge >= 0.3 is 0 Å². The Morgan fingerprint density at radius 1 is 1.41 bits per heavy atom. The van der Waals surface area contributed by atoms with Crippen LogP contribution in [0.4, 0.5) is 8.78 Å². The van der Waals surface area contributed by atoms with Gasteiger partial charge in [0.1, 0.15) is 5.65 Å². The van der Waals surface area contributed by atoms with Crippen molar-refractivity contribution >= 4 is 11.0 Å². The number of nitrogens with zero attached hydrogens (tertiary/aromatic N) is 1. The fourth-order valence-corrected chi connectivity index (χ4v) is 2.78. The standard InChI is InChI=1S/C12H13F2N3/c13-12(14)5-11(6-12,7-15)9-4-17-10-8(9)2-1-3-16-10/h1-4H,5-7,15H2,(H,16,17). The summed E-state index contributed by atoms with van der Waals surface area (Å²) < 4.78 is 26.3. The summed E-state index contributed by atoms with van der Waals surface area (Å²) in [5.41, 5.74) is 6.71. The Morgan fingerprint density at radius 2 is 2.18 bits per heavy atom. The number of halogens is 2. The number of pyridine rings is 1. The van der Waals surface area contributed by atoms with E-state index in [0.717, 1.165) is 16.6 Å². The van der Waals surface area contributed by atoms with Crippen LogP contribution in [0.5, 0.6) is 0 Å². The minimum Gasteiger partial charge on any atom is -0.346 e. The van der Waals surface area contributed by atoms with Crippen molar-refractivity contribution in [3.8, 4) is 0 Å². The Morgan fingerprint density at radius 3 is 2.82 bits per heavy atom. The summed E-state index contributed by atoms with van der Waals surface area (Å²) in [7, 11) is 0. The van der Waals surface area contributed by atoms with E-state index in [9.17, 15) is 8.78 Å². The van der Waals surface area contributed by atoms with E-state index in [-0.39, 0.29) is 19.4 Å². The third-order valence-corrected chi connectivity index (χ3v) is 3.61. The molecule has 0 saturated heterocycles. The Balaban J connectivity index is 2.09. The Labute approximate surface area is 97.0 Å². The van der Waals surface area contributed by atoms with E-state index < -0.39 is 11.3 Å². The minimum absolute atomic E-state index is 0.168. The van der Waals surface area contributed by atoms with E-state index in [1.54, 1.807) is 18.5 Å². The Bertz CT molecular complexity index is 554. The molecule has 0 bridgehead atoms. The minimum atomic E-state index is -2.58. The van der Waals surface area contributed by atoms with Crippen molar-refractivity contribution in [2.45, 2.75) is 24.2 Å². The van der Waals surface area contributed by atoms with Gasteiger partial charge in [-0.15, -0.1) is 0 Å². The van der Waals surface area contributed by atoms with E-state index >= 15 is 0 Å². The lowest BCUT2D eigenvalue weighted by atomic mass is 9.62. The zero-order valence-corrected chi connectivity index (χ0v) is 9.21. The number of hydrogen-bond acceptors (Lipinski definition) is 2. The quantitative estimate of drug-likeness (QED) is 0.841. The van der Waals surface area contributed by atoms with E-state index in [4.69, 9.17) is 5.73 Å². The maximum Gasteiger partial charge on any atom is 0.250 e. The maximum atomic E-state index is 13.1. The molecule has 0 spiro atoms. The highest BCUT2D eigenvalue weighted by Gasteiger charge is 2.57. The van der Waals surface area contributed by atoms with E-state index in [1.165, 1.54) is 0 Å². The summed E-state index contributed by atoms with van der Waals surface area (Å²) in [5, 5.41) is 0.897. The Hall–Kier alpha value is -1.49. The summed E-state index contributed by atoms with van der Waals surface area (Å²) in [5.74, 6) is -2.58. The molecule has 0 radical (unpaired) electrons. The topological polar surface area (TPSA) is 54.7 Å². The molecule has 0 amide bonds. The number of aromatic nitrogens is 2. The van der Waals surface area contributed by atoms with Crippen molar-refractivity contribution in [1.82, 2.24) is 9.97 Å². The van der Waals surface area contributed by atoms with Gasteiger partial charge in [0, 0.05) is 42.6 Å². The van der Waals surface area contributed by atoms with Gasteiger partial charge in [-0.25, -0.2) is 13.8 Å². The number of nitrogens with one attached hydrogen (secondary N) is 1. The Kier molecular flexibility index (Phi) is 2.04. The fourth-order valence-electron chi connectivity index (χ4n) is 2.78. The lowest BCUT2D eigenvalue weighted by Crippen LogP contribution is -2.53. The van der Waals surface area contributed by atoms with Gasteiger partial charge in [0.15, 0.2) is 0 Å². The van der Waals surface area contributed by atoms with E-state index in [2.05, 4.69) is 9.97 Å². The smallest absolute Gasteiger partial charge is 0.250 e. The van der Waals surface area contributed by atoms with Gasteiger partial charge < -0.3 is 10.7 Å². The molecule has 17 heavy (non-hydrogen) atoms. The summed E-state index contributed by atoms with van der Waals surface area (Å²) in [6.45, 7) is 0.241. The van der Waals surface area contributed by atoms with Gasteiger partial charge in [0.2, 0.25) is 5.92 Å². The molecule has 90 valence electrons. The van der Waals surface area contributed by atoms with Crippen molar-refractivity contribution in [1.29, 1.82) is 0 Å². The van der Waals surface area contributed by atoms with Crippen LogP contribution in [0.3, 0.4) is 0 Å². The highest BCUT2D eigenvalue weighted by Crippen LogP contribution is 2.53. The first-order chi connectivity index (χ1) is 8.06. The summed E-state index contributed by atoms with van der Waals surface area (Å²) in [6, 6.07) is 3.70. The first-order valence-electron chi connectivity index (χ1n) is 5.57. The molecule has 1 saturated carbocycles. The van der Waals surface area contributed by atoms with Crippen LogP contribution in [-0.4, -0.2) is 22.4 Å². The van der Waals surface area contributed by atoms with Gasteiger partial charge in [0.25, 0.3) is 0 Å². The second-order valence-corrected chi connectivity index (χ2v) is 4.80. The third-order valence-electron chi connectivity index (χ3n) is 3.61. The molecular formula is C12H13F2N3. The van der Waals surface area contributed by atoms with Gasteiger partial charge in [0.05, 0.1) is 0 Å². The lowest BCUT2D eigenvalue weighted by molar-refractivity contribution is -0.123. The SMILES string of the molecule is NCC1(c2c[nH]c3ncccc23)CC(F)(F)C1. The van der Waals surface area contributed by atoms with Crippen LogP contribution in [0.15, 0.2) is 24.5 Å². The molecule has 2 aromatic heterocycles. The normalized spacial score (nSPS) is 21.4. The second kappa shape index (κ2) is 3.26. The van der Waals surface area contributed by atoms with Gasteiger partial charge in [-0.1, -0.05) is 0 Å². The highest BCUT2D eigenvalue weighted by molar-refractivity contribution is 5.81. The zero-order chi connectivity index (χ0) is 12.1. The van der Waals surface area contributed by atoms with Crippen LogP contribution in [0.25, 0.3) is 11.0 Å². The molecule has 3 nitrogen and oxygen atoms in total. The van der Waals surface area contributed by atoms with Gasteiger partial charge in [-0.3, -0.25) is 0 Å². The molecule has 3 rings (SSSR count). The first kappa shape index (κ1) is 10.7. The number of fused-ring (bicyclic) bond motifs is 1. The molecule has 5 heteroatoms. The number of aromatic amines is 1. The van der Waals surface area contributed by atoms with Crippen molar-refractivity contribution in [2.75, 3.05) is 6.54 Å². The number of nitrogens with two attached hydrogens (primary N) is 1. The largest absolute Gasteiger partial charge is 0.346 e. The van der Waals surface area contributed by atoms with Crippen molar-refractivity contribution < 1.29 is 8.78 Å². The molecule has 0 atom stereocenters. The second-order valence-electron chi connectivity index (χ2n) is 4.80. The van der Waals surface area contributed by atoms with Crippen LogP contribution >= 0.6 is 0 Å². The molecule has 0 aliphatic heterocycles. The average Bonchev–Trinajstić information content (AvgIpc) is 2.69. The van der Waals surface area contributed by atoms with Crippen LogP contribution < -0.4 is 5.73 Å². The van der Waals surface area contributed by atoms with Gasteiger partial charge in [-0.05, 0) is 17.7 Å². The predicted molar refractivity (Wildman–Crippen MR) is 61.0 cm³/mol. The van der Waals surface area contributed by atoms with Crippen molar-refractivity contribution in [2.24, 2.45) is 5.73 Å². The molecule has 1 aliphatic rings. The predicted octanol–water partition coefficient (Wildman–Crippen LogP) is 2.19. The number of alkyl halides is 2. The van der Waals surface area contributed by atoms with Crippen LogP contribution in [0, 0.1) is 0 Å². The zero-order valence-electron chi connectivity index (χ0n) is 9.21. The number of hydrogen-bond donors (Lipinski definition) is 2. The molecule has 0 aromatic carbocycles. The molecule has 1 aliphatic carbocycles. The number of H-pyrrole nitrogens is 1. The summed E-state index contributed by atoms with van der Waals surface area (Å²) >= 11 is 0. The van der Waals surface area contributed by atoms with E-state index in [1.807, 2.05) is 6.07 Å². The third kappa shape index (κ3) is 1.45. The summed E-state index contributed by atoms with van der Waals surface area (Å²) in [6.07, 6.45) is 3.10. The lowest BCUT2D eigenvalue weighted by Gasteiger charge is -2.46. The molecule has 3 N–H and O–H groups in total. The molecule has 1 fully saturated rings. The van der Waals surface area contributed by atoms with Crippen LogP contribution in [-0.2, 0) is 5.41 Å². The highest BCUT2D eigenvalue weighted by atomic mass is 19.3. The molecule has 2 aromatic rings. The fraction of sp³-hybridized carbons (Fsp3) is 0.417. The number of rotatable bonds is 2. The summed E-state index contributed by atoms with van der Waals surface area (Å²) in [4.78, 5) is 7.17. The van der Waals surface area contributed by atoms with E-state index in [0.29, 0.717) is 0 Å². The van der Waals surface area contributed by atoms with Crippen molar-refractivity contribution in [3.63, 3.8) is 0 Å². The first-order valence-corrected chi connectivity index (χ1v) is 5.57. The average molecular weight is 237 g/mol. The molecule has 0 unspecified atom stereocenters. The monoisotopic (exact) mass is 237 g/mol. The molecule has 2 heterocycles.